The third kappa shape index (κ3) is 6.49. The molecule has 3 aromatic carbocycles. The largest absolute Gasteiger partial charge is 0.497 e. The number of carbonyl (C=O) groups excluding carboxylic acids is 2. The Kier molecular flexibility index (Phi) is 8.85. The Morgan fingerprint density at radius 1 is 1.07 bits per heavy atom. The predicted octanol–water partition coefficient (Wildman–Crippen LogP) is 5.85. The number of thioether (sulfide) groups is 1. The van der Waals surface area contributed by atoms with Gasteiger partial charge in [0.25, 0.3) is 11.6 Å². The van der Waals surface area contributed by atoms with Crippen molar-refractivity contribution in [3.63, 3.8) is 0 Å². The normalized spacial score (nSPS) is 13.9. The van der Waals surface area contributed by atoms with E-state index in [2.05, 4.69) is 24.2 Å². The number of rotatable bonds is 9. The summed E-state index contributed by atoms with van der Waals surface area (Å²) < 4.78 is 10.4. The Labute approximate surface area is 235 Å². The average molecular weight is 561 g/mol. The van der Waals surface area contributed by atoms with Crippen LogP contribution in [-0.2, 0) is 9.59 Å². The number of methoxy groups -OCH3 is 2. The van der Waals surface area contributed by atoms with Crippen LogP contribution in [0, 0.1) is 10.1 Å². The first kappa shape index (κ1) is 28.4. The van der Waals surface area contributed by atoms with E-state index < -0.39 is 10.8 Å². The van der Waals surface area contributed by atoms with Crippen molar-refractivity contribution in [3.8, 4) is 11.5 Å². The maximum Gasteiger partial charge on any atom is 0.296 e. The lowest BCUT2D eigenvalue weighted by molar-refractivity contribution is -0.384. The van der Waals surface area contributed by atoms with Gasteiger partial charge in [-0.1, -0.05) is 55.9 Å². The molecule has 1 aliphatic heterocycles. The zero-order chi connectivity index (χ0) is 28.8. The summed E-state index contributed by atoms with van der Waals surface area (Å²) in [5.41, 5.74) is 2.49. The van der Waals surface area contributed by atoms with Crippen LogP contribution >= 0.6 is 11.8 Å². The van der Waals surface area contributed by atoms with Crippen LogP contribution in [0.2, 0.25) is 0 Å². The molecule has 0 aromatic heterocycles. The maximum absolute atomic E-state index is 13.5. The highest BCUT2D eigenvalue weighted by atomic mass is 32.2. The lowest BCUT2D eigenvalue weighted by Crippen LogP contribution is -2.31. The molecule has 0 bridgehead atoms. The van der Waals surface area contributed by atoms with Gasteiger partial charge in [0.1, 0.15) is 22.9 Å². The standard InChI is InChI=1S/C29H28N4O6S/c1-18(2)20-10-8-19(9-11-20)14-25-28(35)32(21-6-5-7-22(15-21)38-3)29(31-25)40-17-27(34)30-24-13-12-23(39-4)16-26(24)33(36)37/h5-16,18H,17H2,1-4H3,(H,30,34). The Bertz CT molecular complexity index is 1500. The molecule has 2 amide bonds. The fourth-order valence-electron chi connectivity index (χ4n) is 3.92. The summed E-state index contributed by atoms with van der Waals surface area (Å²) in [6.07, 6.45) is 1.70. The lowest BCUT2D eigenvalue weighted by atomic mass is 10.0. The van der Waals surface area contributed by atoms with Crippen molar-refractivity contribution in [1.29, 1.82) is 0 Å². The van der Waals surface area contributed by atoms with Gasteiger partial charge in [0.05, 0.1) is 36.6 Å². The van der Waals surface area contributed by atoms with Gasteiger partial charge < -0.3 is 14.8 Å². The van der Waals surface area contributed by atoms with E-state index >= 15 is 0 Å². The highest BCUT2D eigenvalue weighted by Crippen LogP contribution is 2.32. The molecule has 0 fully saturated rings. The molecular formula is C29H28N4O6S. The van der Waals surface area contributed by atoms with Crippen LogP contribution in [0.15, 0.2) is 77.4 Å². The van der Waals surface area contributed by atoms with Crippen molar-refractivity contribution in [2.45, 2.75) is 19.8 Å². The van der Waals surface area contributed by atoms with Gasteiger partial charge in [-0.15, -0.1) is 0 Å². The SMILES string of the molecule is COc1cccc(N2C(=O)C(=Cc3ccc(C(C)C)cc3)N=C2SCC(=O)Nc2ccc(OC)cc2[N+](=O)[O-])c1. The summed E-state index contributed by atoms with van der Waals surface area (Å²) in [5.74, 6) is 0.234. The molecule has 0 unspecified atom stereocenters. The molecule has 0 spiro atoms. The fraction of sp³-hybridized carbons (Fsp3) is 0.207. The molecule has 0 radical (unpaired) electrons. The second-order valence-corrected chi connectivity index (χ2v) is 10.0. The van der Waals surface area contributed by atoms with E-state index in [0.29, 0.717) is 28.3 Å². The Balaban J connectivity index is 1.59. The van der Waals surface area contributed by atoms with Crippen LogP contribution in [0.25, 0.3) is 6.08 Å². The first-order valence-electron chi connectivity index (χ1n) is 12.3. The number of amidine groups is 1. The minimum atomic E-state index is -0.597. The molecule has 0 atom stereocenters. The number of aliphatic imine (C=N–C) groups is 1. The smallest absolute Gasteiger partial charge is 0.296 e. The van der Waals surface area contributed by atoms with Gasteiger partial charge >= 0.3 is 0 Å². The number of hydrogen-bond acceptors (Lipinski definition) is 8. The van der Waals surface area contributed by atoms with Crippen LogP contribution in [0.4, 0.5) is 17.1 Å². The quantitative estimate of drug-likeness (QED) is 0.198. The highest BCUT2D eigenvalue weighted by Gasteiger charge is 2.33. The molecule has 0 saturated heterocycles. The molecule has 11 heteroatoms. The maximum atomic E-state index is 13.5. The monoisotopic (exact) mass is 560 g/mol. The summed E-state index contributed by atoms with van der Waals surface area (Å²) in [5, 5.41) is 14.3. The number of anilines is 2. The van der Waals surface area contributed by atoms with Crippen LogP contribution in [-0.4, -0.2) is 41.9 Å². The number of hydrogen-bond donors (Lipinski definition) is 1. The number of nitro benzene ring substituents is 1. The predicted molar refractivity (Wildman–Crippen MR) is 157 cm³/mol. The van der Waals surface area contributed by atoms with Crippen LogP contribution in [0.5, 0.6) is 11.5 Å². The van der Waals surface area contributed by atoms with Crippen LogP contribution in [0.3, 0.4) is 0 Å². The van der Waals surface area contributed by atoms with Gasteiger partial charge in [0.2, 0.25) is 5.91 Å². The summed E-state index contributed by atoms with van der Waals surface area (Å²) in [6, 6.07) is 19.0. The third-order valence-corrected chi connectivity index (χ3v) is 6.99. The molecule has 0 aliphatic carbocycles. The lowest BCUT2D eigenvalue weighted by Gasteiger charge is -2.18. The van der Waals surface area contributed by atoms with E-state index in [1.807, 2.05) is 24.3 Å². The fourth-order valence-corrected chi connectivity index (χ4v) is 4.73. The zero-order valence-corrected chi connectivity index (χ0v) is 23.2. The Hall–Kier alpha value is -4.64. The topological polar surface area (TPSA) is 123 Å². The van der Waals surface area contributed by atoms with Crippen molar-refractivity contribution in [1.82, 2.24) is 0 Å². The number of ether oxygens (including phenoxy) is 2. The van der Waals surface area contributed by atoms with Crippen LogP contribution < -0.4 is 19.7 Å². The number of carbonyl (C=O) groups is 2. The van der Waals surface area contributed by atoms with Gasteiger partial charge in [-0.25, -0.2) is 4.99 Å². The molecule has 1 N–H and O–H groups in total. The minimum Gasteiger partial charge on any atom is -0.497 e. The summed E-state index contributed by atoms with van der Waals surface area (Å²) >= 11 is 1.04. The van der Waals surface area contributed by atoms with Crippen molar-refractivity contribution in [2.75, 3.05) is 30.2 Å². The number of amides is 2. The van der Waals surface area contributed by atoms with Gasteiger partial charge in [-0.3, -0.25) is 24.6 Å². The molecular weight excluding hydrogens is 532 g/mol. The first-order valence-corrected chi connectivity index (χ1v) is 13.3. The van der Waals surface area contributed by atoms with Gasteiger partial charge in [-0.05, 0) is 47.4 Å². The van der Waals surface area contributed by atoms with Crippen molar-refractivity contribution in [3.05, 3.63) is 93.7 Å². The Morgan fingerprint density at radius 2 is 1.77 bits per heavy atom. The molecule has 3 aromatic rings. The molecule has 10 nitrogen and oxygen atoms in total. The molecule has 1 heterocycles. The van der Waals surface area contributed by atoms with Crippen molar-refractivity contribution in [2.24, 2.45) is 4.99 Å². The first-order chi connectivity index (χ1) is 19.2. The van der Waals surface area contributed by atoms with Gasteiger partial charge in [-0.2, -0.15) is 0 Å². The molecule has 206 valence electrons. The Morgan fingerprint density at radius 3 is 2.42 bits per heavy atom. The number of nitrogens with zero attached hydrogens (tertiary/aromatic N) is 3. The van der Waals surface area contributed by atoms with E-state index in [-0.39, 0.29) is 28.7 Å². The summed E-state index contributed by atoms with van der Waals surface area (Å²) in [7, 11) is 2.93. The van der Waals surface area contributed by atoms with Gasteiger partial charge in [0, 0.05) is 6.07 Å². The number of nitrogens with one attached hydrogen (secondary N) is 1. The van der Waals surface area contributed by atoms with E-state index in [4.69, 9.17) is 9.47 Å². The zero-order valence-electron chi connectivity index (χ0n) is 22.4. The second-order valence-electron chi connectivity index (χ2n) is 9.06. The number of benzene rings is 3. The third-order valence-electron chi connectivity index (χ3n) is 6.06. The van der Waals surface area contributed by atoms with Crippen molar-refractivity contribution < 1.29 is 24.0 Å². The van der Waals surface area contributed by atoms with E-state index in [9.17, 15) is 19.7 Å². The molecule has 1 aliphatic rings. The van der Waals surface area contributed by atoms with E-state index in [1.54, 1.807) is 30.3 Å². The number of nitro groups is 1. The molecule has 40 heavy (non-hydrogen) atoms. The van der Waals surface area contributed by atoms with Crippen LogP contribution in [0.1, 0.15) is 30.9 Å². The summed E-state index contributed by atoms with van der Waals surface area (Å²) in [6.45, 7) is 4.22. The summed E-state index contributed by atoms with van der Waals surface area (Å²) in [4.78, 5) is 43.2. The molecule has 4 rings (SSSR count). The highest BCUT2D eigenvalue weighted by molar-refractivity contribution is 8.14. The van der Waals surface area contributed by atoms with E-state index in [1.165, 1.54) is 42.9 Å². The van der Waals surface area contributed by atoms with Crippen molar-refractivity contribution >= 4 is 51.9 Å². The average Bonchev–Trinajstić information content (AvgIpc) is 3.26. The second kappa shape index (κ2) is 12.5. The molecule has 0 saturated carbocycles. The minimum absolute atomic E-state index is 0.0379. The van der Waals surface area contributed by atoms with Gasteiger partial charge in [0.15, 0.2) is 5.17 Å². The van der Waals surface area contributed by atoms with E-state index in [0.717, 1.165) is 17.3 Å².